The van der Waals surface area contributed by atoms with E-state index in [0.29, 0.717) is 22.3 Å². The molecule has 3 amide bonds. The summed E-state index contributed by atoms with van der Waals surface area (Å²) in [5.74, 6) is -2.62. The summed E-state index contributed by atoms with van der Waals surface area (Å²) in [5.41, 5.74) is 11.1. The molecule has 0 radical (unpaired) electrons. The van der Waals surface area contributed by atoms with Crippen LogP contribution in [-0.2, 0) is 9.59 Å². The number of para-hydroxylation sites is 1. The number of nitrogens with two attached hydrogens (primary N) is 1. The van der Waals surface area contributed by atoms with Gasteiger partial charge in [-0.3, -0.25) is 30.2 Å². The summed E-state index contributed by atoms with van der Waals surface area (Å²) in [7, 11) is 0. The predicted molar refractivity (Wildman–Crippen MR) is 107 cm³/mol. The topological polar surface area (TPSA) is 126 Å². The smallest absolute Gasteiger partial charge is 0.327 e. The van der Waals surface area contributed by atoms with Crippen LogP contribution in [0.25, 0.3) is 10.9 Å². The van der Waals surface area contributed by atoms with Gasteiger partial charge in [-0.2, -0.15) is 0 Å². The minimum Gasteiger partial charge on any atom is -0.361 e. The van der Waals surface area contributed by atoms with Crippen molar-refractivity contribution in [1.29, 1.82) is 0 Å². The van der Waals surface area contributed by atoms with Crippen molar-refractivity contribution in [2.24, 2.45) is 5.73 Å². The summed E-state index contributed by atoms with van der Waals surface area (Å²) < 4.78 is 0. The number of halogens is 2. The number of hydrazine groups is 1. The minimum absolute atomic E-state index is 0.144. The van der Waals surface area contributed by atoms with Crippen molar-refractivity contribution in [1.82, 2.24) is 10.4 Å². The third-order valence-electron chi connectivity index (χ3n) is 3.74. The maximum atomic E-state index is 12.6. The van der Waals surface area contributed by atoms with E-state index in [9.17, 15) is 14.4 Å². The third kappa shape index (κ3) is 3.98. The van der Waals surface area contributed by atoms with Crippen molar-refractivity contribution in [3.63, 3.8) is 0 Å². The molecule has 0 atom stereocenters. The number of benzene rings is 2. The maximum Gasteiger partial charge on any atom is 0.327 e. The lowest BCUT2D eigenvalue weighted by atomic mass is 10.1. The number of rotatable bonds is 4. The molecule has 0 aliphatic carbocycles. The molecule has 0 saturated heterocycles. The fraction of sp³-hybridized carbons (Fsp3) is 0. The number of anilines is 2. The molecule has 142 valence electrons. The summed E-state index contributed by atoms with van der Waals surface area (Å²) in [4.78, 5) is 39.1. The Morgan fingerprint density at radius 1 is 0.929 bits per heavy atom. The molecule has 28 heavy (non-hydrogen) atoms. The molecule has 3 rings (SSSR count). The number of hydrogen-bond donors (Lipinski definition) is 4. The van der Waals surface area contributed by atoms with E-state index < -0.39 is 17.7 Å². The van der Waals surface area contributed by atoms with Gasteiger partial charge in [-0.25, -0.2) is 0 Å². The van der Waals surface area contributed by atoms with Gasteiger partial charge in [0, 0.05) is 11.6 Å². The predicted octanol–water partition coefficient (Wildman–Crippen LogP) is 2.72. The second-order valence-electron chi connectivity index (χ2n) is 5.55. The zero-order valence-corrected chi connectivity index (χ0v) is 15.6. The van der Waals surface area contributed by atoms with Crippen LogP contribution >= 0.6 is 23.2 Å². The van der Waals surface area contributed by atoms with E-state index in [-0.39, 0.29) is 15.6 Å². The van der Waals surface area contributed by atoms with Crippen molar-refractivity contribution in [2.45, 2.75) is 0 Å². The Bertz CT molecular complexity index is 1080. The summed E-state index contributed by atoms with van der Waals surface area (Å²) in [6.45, 7) is 0. The van der Waals surface area contributed by atoms with Gasteiger partial charge in [0.25, 0.3) is 5.91 Å². The van der Waals surface area contributed by atoms with Crippen LogP contribution in [0.1, 0.15) is 10.4 Å². The van der Waals surface area contributed by atoms with Crippen molar-refractivity contribution >= 4 is 63.2 Å². The molecule has 0 aliphatic heterocycles. The SMILES string of the molecule is NC(=O)C(=O)NNc1ccnc2c(NC(=O)c3c(Cl)cccc3Cl)cccc12. The zero-order chi connectivity index (χ0) is 20.3. The van der Waals surface area contributed by atoms with Crippen LogP contribution in [0.2, 0.25) is 10.0 Å². The normalized spacial score (nSPS) is 10.4. The number of aromatic nitrogens is 1. The van der Waals surface area contributed by atoms with E-state index in [1.165, 1.54) is 6.20 Å². The standard InChI is InChI=1S/C18H13Cl2N5O3/c19-10-4-2-5-11(20)14(10)17(27)23-13-6-1-3-9-12(7-8-22-15(9)13)24-25-18(28)16(21)26/h1-8H,(H2,21,26)(H,22,24)(H,23,27)(H,25,28). The van der Waals surface area contributed by atoms with Crippen LogP contribution in [0.3, 0.4) is 0 Å². The molecule has 10 heteroatoms. The summed E-state index contributed by atoms with van der Waals surface area (Å²) in [6.07, 6.45) is 1.47. The van der Waals surface area contributed by atoms with E-state index in [2.05, 4.69) is 21.2 Å². The van der Waals surface area contributed by atoms with Gasteiger partial charge >= 0.3 is 11.8 Å². The Morgan fingerprint density at radius 2 is 1.61 bits per heavy atom. The lowest BCUT2D eigenvalue weighted by molar-refractivity contribution is -0.136. The Morgan fingerprint density at radius 3 is 2.29 bits per heavy atom. The first kappa shape index (κ1) is 19.4. The quantitative estimate of drug-likeness (QED) is 0.383. The molecule has 1 aromatic heterocycles. The first-order valence-corrected chi connectivity index (χ1v) is 8.63. The zero-order valence-electron chi connectivity index (χ0n) is 14.1. The highest BCUT2D eigenvalue weighted by atomic mass is 35.5. The van der Waals surface area contributed by atoms with Gasteiger partial charge in [-0.05, 0) is 24.3 Å². The first-order chi connectivity index (χ1) is 13.4. The molecular weight excluding hydrogens is 405 g/mol. The van der Waals surface area contributed by atoms with Crippen LogP contribution in [0, 0.1) is 0 Å². The second kappa shape index (κ2) is 8.12. The highest BCUT2D eigenvalue weighted by molar-refractivity contribution is 6.40. The molecule has 0 saturated carbocycles. The molecule has 8 nitrogen and oxygen atoms in total. The average molecular weight is 418 g/mol. The number of carbonyl (C=O) groups is 3. The fourth-order valence-corrected chi connectivity index (χ4v) is 3.04. The molecular formula is C18H13Cl2N5O3. The Hall–Kier alpha value is -3.36. The van der Waals surface area contributed by atoms with Crippen LogP contribution < -0.4 is 21.9 Å². The first-order valence-electron chi connectivity index (χ1n) is 7.87. The maximum absolute atomic E-state index is 12.6. The summed E-state index contributed by atoms with van der Waals surface area (Å²) in [5, 5.41) is 3.75. The Balaban J connectivity index is 1.93. The number of fused-ring (bicyclic) bond motifs is 1. The fourth-order valence-electron chi connectivity index (χ4n) is 2.47. The second-order valence-corrected chi connectivity index (χ2v) is 6.37. The van der Waals surface area contributed by atoms with Crippen molar-refractivity contribution < 1.29 is 14.4 Å². The molecule has 0 unspecified atom stereocenters. The number of carbonyl (C=O) groups excluding carboxylic acids is 3. The van der Waals surface area contributed by atoms with Crippen LogP contribution in [0.4, 0.5) is 11.4 Å². The molecule has 5 N–H and O–H groups in total. The minimum atomic E-state index is -1.13. The Kier molecular flexibility index (Phi) is 5.62. The van der Waals surface area contributed by atoms with E-state index in [1.54, 1.807) is 42.5 Å². The monoisotopic (exact) mass is 417 g/mol. The van der Waals surface area contributed by atoms with E-state index in [0.717, 1.165) is 0 Å². The highest BCUT2D eigenvalue weighted by Crippen LogP contribution is 2.29. The number of nitrogens with one attached hydrogen (secondary N) is 3. The molecule has 0 bridgehead atoms. The van der Waals surface area contributed by atoms with Crippen molar-refractivity contribution in [3.8, 4) is 0 Å². The van der Waals surface area contributed by atoms with Crippen LogP contribution in [-0.4, -0.2) is 22.7 Å². The lowest BCUT2D eigenvalue weighted by Gasteiger charge is -2.13. The Labute approximate surface area is 169 Å². The van der Waals surface area contributed by atoms with Gasteiger partial charge in [-0.15, -0.1) is 0 Å². The molecule has 2 aromatic carbocycles. The largest absolute Gasteiger partial charge is 0.361 e. The van der Waals surface area contributed by atoms with Gasteiger partial charge in [-0.1, -0.05) is 41.4 Å². The van der Waals surface area contributed by atoms with Gasteiger partial charge in [0.15, 0.2) is 0 Å². The van der Waals surface area contributed by atoms with Crippen LogP contribution in [0.15, 0.2) is 48.7 Å². The van der Waals surface area contributed by atoms with E-state index in [4.69, 9.17) is 28.9 Å². The summed E-state index contributed by atoms with van der Waals surface area (Å²) in [6, 6.07) is 11.4. The van der Waals surface area contributed by atoms with Crippen molar-refractivity contribution in [3.05, 3.63) is 64.3 Å². The van der Waals surface area contributed by atoms with Crippen LogP contribution in [0.5, 0.6) is 0 Å². The molecule has 0 fully saturated rings. The highest BCUT2D eigenvalue weighted by Gasteiger charge is 2.17. The lowest BCUT2D eigenvalue weighted by Crippen LogP contribution is -2.39. The molecule has 1 heterocycles. The van der Waals surface area contributed by atoms with Gasteiger partial charge < -0.3 is 11.1 Å². The number of nitrogens with zero attached hydrogens (tertiary/aromatic N) is 1. The summed E-state index contributed by atoms with van der Waals surface area (Å²) >= 11 is 12.2. The third-order valence-corrected chi connectivity index (χ3v) is 4.37. The molecule has 0 spiro atoms. The van der Waals surface area contributed by atoms with Gasteiger partial charge in [0.2, 0.25) is 0 Å². The van der Waals surface area contributed by atoms with Crippen molar-refractivity contribution in [2.75, 3.05) is 10.7 Å². The van der Waals surface area contributed by atoms with Gasteiger partial charge in [0.1, 0.15) is 0 Å². The number of hydrogen-bond acceptors (Lipinski definition) is 5. The van der Waals surface area contributed by atoms with E-state index in [1.807, 2.05) is 0 Å². The van der Waals surface area contributed by atoms with E-state index >= 15 is 0 Å². The number of amides is 3. The average Bonchev–Trinajstić information content (AvgIpc) is 2.66. The number of primary amides is 1. The number of pyridine rings is 1. The molecule has 3 aromatic rings. The molecule has 0 aliphatic rings. The van der Waals surface area contributed by atoms with Gasteiger partial charge in [0.05, 0.1) is 32.5 Å².